The fourth-order valence-corrected chi connectivity index (χ4v) is 4.10. The minimum atomic E-state index is -0.694. The maximum absolute atomic E-state index is 13.5. The lowest BCUT2D eigenvalue weighted by Gasteiger charge is -2.17. The molecule has 0 saturated heterocycles. The Morgan fingerprint density at radius 2 is 1.90 bits per heavy atom. The van der Waals surface area contributed by atoms with Crippen LogP contribution in [0.2, 0.25) is 0 Å². The van der Waals surface area contributed by atoms with Gasteiger partial charge in [0.05, 0.1) is 11.8 Å². The normalized spacial score (nSPS) is 13.1. The summed E-state index contributed by atoms with van der Waals surface area (Å²) in [7, 11) is 1.79. The van der Waals surface area contributed by atoms with Crippen LogP contribution in [0.5, 0.6) is 0 Å². The third-order valence-corrected chi connectivity index (χ3v) is 5.48. The van der Waals surface area contributed by atoms with Crippen LogP contribution in [0.4, 0.5) is 20.3 Å². The summed E-state index contributed by atoms with van der Waals surface area (Å²) >= 11 is 0. The van der Waals surface area contributed by atoms with Crippen molar-refractivity contribution >= 4 is 28.4 Å². The minimum absolute atomic E-state index is 0.0748. The van der Waals surface area contributed by atoms with Crippen LogP contribution in [0, 0.1) is 11.6 Å². The van der Waals surface area contributed by atoms with Crippen molar-refractivity contribution in [3.8, 4) is 11.3 Å². The lowest BCUT2D eigenvalue weighted by molar-refractivity contribution is -0.117. The summed E-state index contributed by atoms with van der Waals surface area (Å²) in [5.74, 6) is -1.25. The quantitative estimate of drug-likeness (QED) is 0.550. The average Bonchev–Trinajstić information content (AvgIpc) is 3.29. The largest absolute Gasteiger partial charge is 0.383 e. The zero-order valence-electron chi connectivity index (χ0n) is 16.6. The number of aromatic nitrogens is 4. The zero-order chi connectivity index (χ0) is 21.7. The first-order chi connectivity index (χ1) is 14.9. The molecule has 2 N–H and O–H groups in total. The number of aryl methyl sites for hydroxylation is 1. The molecule has 0 spiro atoms. The number of rotatable bonds is 3. The highest BCUT2D eigenvalue weighted by molar-refractivity contribution is 6.00. The summed E-state index contributed by atoms with van der Waals surface area (Å²) in [5, 5.41) is 5.24. The van der Waals surface area contributed by atoms with Crippen LogP contribution >= 0.6 is 0 Å². The lowest BCUT2D eigenvalue weighted by atomic mass is 10.0. The van der Waals surface area contributed by atoms with E-state index in [9.17, 15) is 13.6 Å². The molecule has 2 aromatic heterocycles. The summed E-state index contributed by atoms with van der Waals surface area (Å²) in [6, 6.07) is 8.88. The first-order valence-electron chi connectivity index (χ1n) is 9.72. The van der Waals surface area contributed by atoms with E-state index in [1.165, 1.54) is 18.5 Å². The number of hydrogen-bond donors (Lipinski definition) is 1. The van der Waals surface area contributed by atoms with E-state index in [2.05, 4.69) is 15.1 Å². The number of nitrogen functional groups attached to an aromatic ring is 1. The van der Waals surface area contributed by atoms with Gasteiger partial charge in [0.25, 0.3) is 0 Å². The maximum Gasteiger partial charge on any atom is 0.231 e. The van der Waals surface area contributed by atoms with E-state index in [0.29, 0.717) is 41.1 Å². The van der Waals surface area contributed by atoms with Gasteiger partial charge in [-0.1, -0.05) is 6.07 Å². The molecule has 0 aliphatic carbocycles. The Labute approximate surface area is 176 Å². The number of benzene rings is 2. The molecule has 1 aliphatic rings. The summed E-state index contributed by atoms with van der Waals surface area (Å²) in [5.41, 5.74) is 10.3. The van der Waals surface area contributed by atoms with Crippen LogP contribution < -0.4 is 10.6 Å². The molecule has 156 valence electrons. The third kappa shape index (κ3) is 3.27. The molecular formula is C22H18F2N6O. The predicted molar refractivity (Wildman–Crippen MR) is 112 cm³/mol. The lowest BCUT2D eigenvalue weighted by Crippen LogP contribution is -2.30. The van der Waals surface area contributed by atoms with Crippen LogP contribution in [-0.4, -0.2) is 32.2 Å². The van der Waals surface area contributed by atoms with Gasteiger partial charge in [0, 0.05) is 30.9 Å². The highest BCUT2D eigenvalue weighted by Crippen LogP contribution is 2.35. The fourth-order valence-electron chi connectivity index (χ4n) is 4.10. The standard InChI is InChI=1S/C22H18F2N6O/c1-29-22-19(21(25)26-11-27-22)20(28-29)14-2-3-17-13(9-14)4-5-30(17)18(31)8-12-6-15(23)10-16(24)7-12/h2-3,6-7,9-11H,4-5,8H2,1H3,(H2,25,26,27). The molecule has 1 amide bonds. The van der Waals surface area contributed by atoms with Crippen LogP contribution in [0.3, 0.4) is 0 Å². The van der Waals surface area contributed by atoms with E-state index in [0.717, 1.165) is 22.9 Å². The Morgan fingerprint density at radius 3 is 2.68 bits per heavy atom. The zero-order valence-corrected chi connectivity index (χ0v) is 16.6. The molecule has 0 saturated carbocycles. The molecule has 5 rings (SSSR count). The Bertz CT molecular complexity index is 1330. The summed E-state index contributed by atoms with van der Waals surface area (Å²) in [6.45, 7) is 0.504. The molecule has 7 nitrogen and oxygen atoms in total. The highest BCUT2D eigenvalue weighted by atomic mass is 19.1. The van der Waals surface area contributed by atoms with Crippen molar-refractivity contribution < 1.29 is 13.6 Å². The van der Waals surface area contributed by atoms with E-state index in [-0.39, 0.29) is 12.3 Å². The SMILES string of the molecule is Cn1nc(-c2ccc3c(c2)CCN3C(=O)Cc2cc(F)cc(F)c2)c2c(N)ncnc21. The number of nitrogens with zero attached hydrogens (tertiary/aromatic N) is 5. The number of nitrogens with two attached hydrogens (primary N) is 1. The van der Waals surface area contributed by atoms with Gasteiger partial charge in [-0.25, -0.2) is 23.4 Å². The van der Waals surface area contributed by atoms with E-state index >= 15 is 0 Å². The number of halogens is 2. The van der Waals surface area contributed by atoms with Crippen LogP contribution in [0.15, 0.2) is 42.7 Å². The van der Waals surface area contributed by atoms with Crippen LogP contribution in [0.25, 0.3) is 22.3 Å². The van der Waals surface area contributed by atoms with Crippen LogP contribution in [0.1, 0.15) is 11.1 Å². The molecule has 4 aromatic rings. The van der Waals surface area contributed by atoms with E-state index < -0.39 is 11.6 Å². The average molecular weight is 420 g/mol. The molecule has 3 heterocycles. The fraction of sp³-hybridized carbons (Fsp3) is 0.182. The van der Waals surface area contributed by atoms with Crippen molar-refractivity contribution in [1.82, 2.24) is 19.7 Å². The molecule has 0 radical (unpaired) electrons. The van der Waals surface area contributed by atoms with Crippen molar-refractivity contribution in [2.75, 3.05) is 17.2 Å². The third-order valence-electron chi connectivity index (χ3n) is 5.48. The molecule has 1 aliphatic heterocycles. The molecule has 0 unspecified atom stereocenters. The van der Waals surface area contributed by atoms with Crippen molar-refractivity contribution in [1.29, 1.82) is 0 Å². The second kappa shape index (κ2) is 7.12. The summed E-state index contributed by atoms with van der Waals surface area (Å²) in [6.07, 6.45) is 2.00. The van der Waals surface area contributed by atoms with Crippen molar-refractivity contribution in [3.63, 3.8) is 0 Å². The van der Waals surface area contributed by atoms with Gasteiger partial charge in [0.2, 0.25) is 5.91 Å². The number of fused-ring (bicyclic) bond motifs is 2. The maximum atomic E-state index is 13.5. The smallest absolute Gasteiger partial charge is 0.231 e. The monoisotopic (exact) mass is 420 g/mol. The first kappa shape index (κ1) is 19.1. The minimum Gasteiger partial charge on any atom is -0.383 e. The van der Waals surface area contributed by atoms with Gasteiger partial charge < -0.3 is 10.6 Å². The molecule has 31 heavy (non-hydrogen) atoms. The molecule has 2 aromatic carbocycles. The number of carbonyl (C=O) groups is 1. The molecule has 0 bridgehead atoms. The van der Waals surface area contributed by atoms with Crippen molar-refractivity contribution in [2.24, 2.45) is 7.05 Å². The Kier molecular flexibility index (Phi) is 4.39. The van der Waals surface area contributed by atoms with Gasteiger partial charge in [-0.2, -0.15) is 5.10 Å². The van der Waals surface area contributed by atoms with Gasteiger partial charge in [-0.3, -0.25) is 4.79 Å². The number of amides is 1. The van der Waals surface area contributed by atoms with Gasteiger partial charge >= 0.3 is 0 Å². The Balaban J connectivity index is 1.46. The van der Waals surface area contributed by atoms with Crippen LogP contribution in [-0.2, 0) is 24.7 Å². The van der Waals surface area contributed by atoms with Crippen molar-refractivity contribution in [2.45, 2.75) is 12.8 Å². The van der Waals surface area contributed by atoms with E-state index in [1.54, 1.807) is 16.6 Å². The highest BCUT2D eigenvalue weighted by Gasteiger charge is 2.26. The van der Waals surface area contributed by atoms with Gasteiger partial charge in [-0.05, 0) is 41.8 Å². The molecule has 9 heteroatoms. The number of hydrogen-bond acceptors (Lipinski definition) is 5. The topological polar surface area (TPSA) is 89.9 Å². The second-order valence-corrected chi connectivity index (χ2v) is 7.52. The predicted octanol–water partition coefficient (Wildman–Crippen LogP) is 3.02. The summed E-state index contributed by atoms with van der Waals surface area (Å²) in [4.78, 5) is 22.8. The molecule has 0 atom stereocenters. The van der Waals surface area contributed by atoms with Gasteiger partial charge in [-0.15, -0.1) is 0 Å². The van der Waals surface area contributed by atoms with Gasteiger partial charge in [0.1, 0.15) is 29.5 Å². The first-order valence-corrected chi connectivity index (χ1v) is 9.72. The molecule has 0 fully saturated rings. The summed E-state index contributed by atoms with van der Waals surface area (Å²) < 4.78 is 28.6. The van der Waals surface area contributed by atoms with Gasteiger partial charge in [0.15, 0.2) is 5.65 Å². The Hall–Kier alpha value is -3.88. The van der Waals surface area contributed by atoms with E-state index in [1.807, 2.05) is 18.2 Å². The second-order valence-electron chi connectivity index (χ2n) is 7.52. The molecular weight excluding hydrogens is 402 g/mol. The van der Waals surface area contributed by atoms with Crippen molar-refractivity contribution in [3.05, 3.63) is 65.5 Å². The van der Waals surface area contributed by atoms with E-state index in [4.69, 9.17) is 5.73 Å². The number of carbonyl (C=O) groups excluding carboxylic acids is 1. The number of anilines is 2. The Morgan fingerprint density at radius 1 is 1.13 bits per heavy atom.